The first-order valence-corrected chi connectivity index (χ1v) is 3.94. The minimum atomic E-state index is -0.843. The molecule has 61 valence electrons. The van der Waals surface area contributed by atoms with Crippen LogP contribution in [0.3, 0.4) is 0 Å². The maximum absolute atomic E-state index is 10.6. The van der Waals surface area contributed by atoms with Gasteiger partial charge in [0.15, 0.2) is 0 Å². The van der Waals surface area contributed by atoms with Gasteiger partial charge >= 0.3 is 5.97 Å². The number of hydrogen-bond donors (Lipinski definition) is 1. The predicted molar refractivity (Wildman–Crippen MR) is 45.1 cm³/mol. The number of carboxylic acids is 1. The third-order valence-electron chi connectivity index (χ3n) is 2.18. The highest BCUT2D eigenvalue weighted by molar-refractivity contribution is 5.88. The highest BCUT2D eigenvalue weighted by Gasteiger charge is 2.12. The van der Waals surface area contributed by atoms with Gasteiger partial charge in [-0.25, -0.2) is 4.79 Å². The van der Waals surface area contributed by atoms with E-state index >= 15 is 0 Å². The molecule has 0 saturated carbocycles. The van der Waals surface area contributed by atoms with E-state index in [2.05, 4.69) is 6.42 Å². The third-order valence-corrected chi connectivity index (χ3v) is 2.18. The van der Waals surface area contributed by atoms with E-state index in [1.807, 2.05) is 6.07 Å². The van der Waals surface area contributed by atoms with Crippen LogP contribution >= 0.6 is 0 Å². The Kier molecular flexibility index (Phi) is 1.61. The van der Waals surface area contributed by atoms with E-state index in [9.17, 15) is 4.79 Å². The summed E-state index contributed by atoms with van der Waals surface area (Å²) < 4.78 is 0. The Morgan fingerprint density at radius 1 is 1.25 bits per heavy atom. The molecule has 1 aliphatic carbocycles. The molecule has 0 saturated heterocycles. The van der Waals surface area contributed by atoms with Gasteiger partial charge in [-0.1, -0.05) is 6.07 Å². The van der Waals surface area contributed by atoms with Crippen molar-refractivity contribution in [3.8, 4) is 0 Å². The summed E-state index contributed by atoms with van der Waals surface area (Å²) in [4.78, 5) is 10.6. The van der Waals surface area contributed by atoms with E-state index in [4.69, 9.17) is 5.11 Å². The van der Waals surface area contributed by atoms with Gasteiger partial charge in [0.25, 0.3) is 0 Å². The molecule has 0 heterocycles. The largest absolute Gasteiger partial charge is 0.478 e. The molecule has 1 radical (unpaired) electrons. The third kappa shape index (κ3) is 1.09. The van der Waals surface area contributed by atoms with Crippen LogP contribution in [0.15, 0.2) is 18.2 Å². The number of carbonyl (C=O) groups is 1. The van der Waals surface area contributed by atoms with Crippen LogP contribution in [0.4, 0.5) is 0 Å². The Balaban J connectivity index is 2.45. The summed E-state index contributed by atoms with van der Waals surface area (Å²) in [7, 11) is 0. The Labute approximate surface area is 70.8 Å². The van der Waals surface area contributed by atoms with Gasteiger partial charge in [0.1, 0.15) is 0 Å². The van der Waals surface area contributed by atoms with Crippen molar-refractivity contribution in [3.63, 3.8) is 0 Å². The number of aromatic carboxylic acids is 1. The fraction of sp³-hybridized carbons (Fsp3) is 0.200. The molecule has 0 bridgehead atoms. The van der Waals surface area contributed by atoms with E-state index in [-0.39, 0.29) is 0 Å². The summed E-state index contributed by atoms with van der Waals surface area (Å²) in [5, 5.41) is 8.71. The van der Waals surface area contributed by atoms with E-state index in [0.717, 1.165) is 18.4 Å². The Hall–Kier alpha value is -1.31. The predicted octanol–water partition coefficient (Wildman–Crippen LogP) is 1.69. The first-order chi connectivity index (χ1) is 5.77. The van der Waals surface area contributed by atoms with Crippen molar-refractivity contribution < 1.29 is 9.90 Å². The zero-order chi connectivity index (χ0) is 8.55. The maximum Gasteiger partial charge on any atom is 0.335 e. The van der Waals surface area contributed by atoms with Crippen LogP contribution < -0.4 is 0 Å². The number of benzene rings is 1. The lowest BCUT2D eigenvalue weighted by molar-refractivity contribution is 0.0697. The van der Waals surface area contributed by atoms with Crippen LogP contribution in [-0.2, 0) is 12.8 Å². The highest BCUT2D eigenvalue weighted by atomic mass is 16.4. The van der Waals surface area contributed by atoms with Crippen LogP contribution in [0.2, 0.25) is 0 Å². The number of carboxylic acid groups (broad SMARTS) is 1. The van der Waals surface area contributed by atoms with Gasteiger partial charge in [-0.15, -0.1) is 0 Å². The van der Waals surface area contributed by atoms with Crippen LogP contribution in [0.25, 0.3) is 0 Å². The van der Waals surface area contributed by atoms with Crippen molar-refractivity contribution in [1.29, 1.82) is 0 Å². The standard InChI is InChI=1S/C10H9O2/c11-10(12)9-5-4-7-2-1-3-8(7)6-9/h1,4-6H,2-3H2,(H,11,12). The molecule has 12 heavy (non-hydrogen) atoms. The van der Waals surface area contributed by atoms with Gasteiger partial charge in [-0.2, -0.15) is 0 Å². The Bertz CT molecular complexity index is 329. The van der Waals surface area contributed by atoms with Gasteiger partial charge in [0, 0.05) is 0 Å². The molecular formula is C10H9O2. The zero-order valence-corrected chi connectivity index (χ0v) is 6.58. The zero-order valence-electron chi connectivity index (χ0n) is 6.58. The lowest BCUT2D eigenvalue weighted by Crippen LogP contribution is -1.97. The molecule has 0 amide bonds. The molecule has 0 spiro atoms. The highest BCUT2D eigenvalue weighted by Crippen LogP contribution is 2.21. The lowest BCUT2D eigenvalue weighted by atomic mass is 10.1. The smallest absolute Gasteiger partial charge is 0.335 e. The van der Waals surface area contributed by atoms with Crippen LogP contribution in [0.1, 0.15) is 21.5 Å². The van der Waals surface area contributed by atoms with Gasteiger partial charge in [-0.05, 0) is 42.5 Å². The molecule has 2 rings (SSSR count). The lowest BCUT2D eigenvalue weighted by Gasteiger charge is -1.99. The molecular weight excluding hydrogens is 152 g/mol. The Morgan fingerprint density at radius 2 is 2.00 bits per heavy atom. The molecule has 0 aromatic heterocycles. The van der Waals surface area contributed by atoms with Crippen molar-refractivity contribution in [2.75, 3.05) is 0 Å². The first kappa shape index (κ1) is 7.35. The second kappa shape index (κ2) is 2.63. The number of fused-ring (bicyclic) bond motifs is 1. The average molecular weight is 161 g/mol. The summed E-state index contributed by atoms with van der Waals surface area (Å²) in [6, 6.07) is 5.34. The summed E-state index contributed by atoms with van der Waals surface area (Å²) in [5.41, 5.74) is 2.82. The molecule has 1 aromatic rings. The van der Waals surface area contributed by atoms with Gasteiger partial charge in [0.2, 0.25) is 0 Å². The van der Waals surface area contributed by atoms with E-state index < -0.39 is 5.97 Å². The minimum Gasteiger partial charge on any atom is -0.478 e. The first-order valence-electron chi connectivity index (χ1n) is 3.94. The molecule has 1 aromatic carbocycles. The number of hydrogen-bond acceptors (Lipinski definition) is 1. The van der Waals surface area contributed by atoms with E-state index in [1.54, 1.807) is 12.1 Å². The van der Waals surface area contributed by atoms with E-state index in [1.165, 1.54) is 5.56 Å². The molecule has 2 nitrogen and oxygen atoms in total. The van der Waals surface area contributed by atoms with Crippen molar-refractivity contribution >= 4 is 5.97 Å². The molecule has 0 unspecified atom stereocenters. The molecule has 1 N–H and O–H groups in total. The monoisotopic (exact) mass is 161 g/mol. The van der Waals surface area contributed by atoms with Gasteiger partial charge in [-0.3, -0.25) is 0 Å². The molecule has 2 heteroatoms. The summed E-state index contributed by atoms with van der Waals surface area (Å²) in [6.45, 7) is 0. The van der Waals surface area contributed by atoms with Crippen molar-refractivity contribution in [1.82, 2.24) is 0 Å². The van der Waals surface area contributed by atoms with Gasteiger partial charge < -0.3 is 5.11 Å². The van der Waals surface area contributed by atoms with E-state index in [0.29, 0.717) is 5.56 Å². The molecule has 1 aliphatic rings. The molecule has 0 fully saturated rings. The van der Waals surface area contributed by atoms with Crippen LogP contribution in [0, 0.1) is 6.42 Å². The molecule has 0 atom stereocenters. The second-order valence-corrected chi connectivity index (χ2v) is 2.99. The topological polar surface area (TPSA) is 37.3 Å². The average Bonchev–Trinajstić information content (AvgIpc) is 2.49. The summed E-state index contributed by atoms with van der Waals surface area (Å²) in [6.07, 6.45) is 4.06. The maximum atomic E-state index is 10.6. The van der Waals surface area contributed by atoms with Crippen molar-refractivity contribution in [2.45, 2.75) is 12.8 Å². The van der Waals surface area contributed by atoms with Gasteiger partial charge in [0.05, 0.1) is 5.56 Å². The molecule has 0 aliphatic heterocycles. The normalized spacial score (nSPS) is 14.3. The quantitative estimate of drug-likeness (QED) is 0.680. The second-order valence-electron chi connectivity index (χ2n) is 2.99. The fourth-order valence-electron chi connectivity index (χ4n) is 1.53. The van der Waals surface area contributed by atoms with Crippen molar-refractivity contribution in [2.24, 2.45) is 0 Å². The number of rotatable bonds is 1. The fourth-order valence-corrected chi connectivity index (χ4v) is 1.53. The summed E-state index contributed by atoms with van der Waals surface area (Å²) in [5.74, 6) is -0.843. The SMILES string of the molecule is O=C(O)c1ccc2c(c1)C[CH]C2. The minimum absolute atomic E-state index is 0.393. The van der Waals surface area contributed by atoms with Crippen molar-refractivity contribution in [3.05, 3.63) is 41.3 Å². The van der Waals surface area contributed by atoms with Crippen LogP contribution in [-0.4, -0.2) is 11.1 Å². The van der Waals surface area contributed by atoms with Crippen LogP contribution in [0.5, 0.6) is 0 Å². The Morgan fingerprint density at radius 3 is 2.75 bits per heavy atom. The summed E-state index contributed by atoms with van der Waals surface area (Å²) >= 11 is 0.